The standard InChI is InChI=1S/C21H53NO3Si4/c1-2-3-4-5-6-7-8-9-10-11-12-13-14-15-16-17-20-29(21-18-19-22)25-28-24-27-23-26/h29H,2-22,27-28H2,1,26H3. The molecule has 0 aliphatic carbocycles. The highest BCUT2D eigenvalue weighted by Gasteiger charge is 2.11. The number of unbranched alkanes of at least 4 members (excludes halogenated alkanes) is 15. The van der Waals surface area contributed by atoms with E-state index < -0.39 is 29.1 Å². The van der Waals surface area contributed by atoms with Crippen LogP contribution in [0.5, 0.6) is 0 Å². The minimum Gasteiger partial charge on any atom is -0.449 e. The van der Waals surface area contributed by atoms with Crippen LogP contribution in [0.15, 0.2) is 0 Å². The Morgan fingerprint density at radius 3 is 1.55 bits per heavy atom. The van der Waals surface area contributed by atoms with Crippen LogP contribution < -0.4 is 5.73 Å². The Morgan fingerprint density at radius 2 is 1.10 bits per heavy atom. The summed E-state index contributed by atoms with van der Waals surface area (Å²) in [4.78, 5) is 0. The summed E-state index contributed by atoms with van der Waals surface area (Å²) in [6.07, 6.45) is 24.0. The summed E-state index contributed by atoms with van der Waals surface area (Å²) in [5, 5.41) is 0. The van der Waals surface area contributed by atoms with E-state index in [1.165, 1.54) is 115 Å². The molecule has 0 heterocycles. The first kappa shape index (κ1) is 29.7. The molecule has 2 N–H and O–H groups in total. The Bertz CT molecular complexity index is 305. The predicted molar refractivity (Wildman–Crippen MR) is 140 cm³/mol. The second kappa shape index (κ2) is 26.7. The van der Waals surface area contributed by atoms with E-state index in [4.69, 9.17) is 18.1 Å². The summed E-state index contributed by atoms with van der Waals surface area (Å²) in [5.41, 5.74) is 5.68. The lowest BCUT2D eigenvalue weighted by Gasteiger charge is -2.16. The molecule has 0 aliphatic rings. The zero-order valence-corrected chi connectivity index (χ0v) is 25.9. The second-order valence-electron chi connectivity index (χ2n) is 8.54. The highest BCUT2D eigenvalue weighted by molar-refractivity contribution is 6.58. The minimum absolute atomic E-state index is 0.693. The normalized spacial score (nSPS) is 13.4. The van der Waals surface area contributed by atoms with Crippen LogP contribution in [-0.4, -0.2) is 46.1 Å². The lowest BCUT2D eigenvalue weighted by Crippen LogP contribution is -2.24. The van der Waals surface area contributed by atoms with Crippen molar-refractivity contribution < 1.29 is 12.3 Å². The molecule has 0 aromatic rings. The maximum absolute atomic E-state index is 6.14. The molecule has 1 unspecified atom stereocenters. The molecule has 0 fully saturated rings. The van der Waals surface area contributed by atoms with Crippen LogP contribution in [0.3, 0.4) is 0 Å². The molecule has 8 heteroatoms. The van der Waals surface area contributed by atoms with Gasteiger partial charge in [0.2, 0.25) is 0 Å². The largest absolute Gasteiger partial charge is 0.449 e. The first-order valence-electron chi connectivity index (χ1n) is 12.7. The zero-order chi connectivity index (χ0) is 21.3. The monoisotopic (exact) mass is 479 g/mol. The minimum atomic E-state index is -1.05. The molecule has 0 rings (SSSR count). The molecular formula is C21H53NO3Si4. The summed E-state index contributed by atoms with van der Waals surface area (Å²) in [7, 11) is -1.70. The third-order valence-corrected chi connectivity index (χ3v) is 12.5. The molecule has 29 heavy (non-hydrogen) atoms. The van der Waals surface area contributed by atoms with E-state index in [9.17, 15) is 0 Å². The van der Waals surface area contributed by atoms with Gasteiger partial charge in [-0.3, -0.25) is 0 Å². The average molecular weight is 480 g/mol. The highest BCUT2D eigenvalue weighted by Crippen LogP contribution is 2.15. The SMILES string of the molecule is CCCCCCCCCCCCCCCCCC[SiH](CCCN)O[SiH2]O[SiH2]O[SiH3]. The maximum atomic E-state index is 6.14. The second-order valence-corrected chi connectivity index (χ2v) is 16.7. The van der Waals surface area contributed by atoms with Gasteiger partial charge < -0.3 is 18.1 Å². The van der Waals surface area contributed by atoms with Gasteiger partial charge in [0.25, 0.3) is 20.0 Å². The number of hydrogen-bond acceptors (Lipinski definition) is 4. The molecule has 4 nitrogen and oxygen atoms in total. The molecule has 0 amide bonds. The van der Waals surface area contributed by atoms with Crippen LogP contribution in [0.4, 0.5) is 0 Å². The maximum Gasteiger partial charge on any atom is 0.284 e. The molecule has 0 radical (unpaired) electrons. The average Bonchev–Trinajstić information content (AvgIpc) is 2.74. The Morgan fingerprint density at radius 1 is 0.655 bits per heavy atom. The van der Waals surface area contributed by atoms with Gasteiger partial charge in [-0.25, -0.2) is 0 Å². The van der Waals surface area contributed by atoms with Crippen molar-refractivity contribution in [3.05, 3.63) is 0 Å². The van der Waals surface area contributed by atoms with Gasteiger partial charge >= 0.3 is 0 Å². The van der Waals surface area contributed by atoms with Crippen LogP contribution >= 0.6 is 0 Å². The predicted octanol–water partition coefficient (Wildman–Crippen LogP) is 3.65. The van der Waals surface area contributed by atoms with Crippen LogP contribution in [0, 0.1) is 0 Å². The van der Waals surface area contributed by atoms with Gasteiger partial charge in [0.05, 0.1) is 0 Å². The van der Waals surface area contributed by atoms with Crippen LogP contribution in [0.25, 0.3) is 0 Å². The van der Waals surface area contributed by atoms with E-state index in [1.807, 2.05) is 0 Å². The molecule has 0 saturated carbocycles. The molecular weight excluding hydrogens is 427 g/mol. The Balaban J connectivity index is 3.34. The Labute approximate surface area is 192 Å². The molecule has 0 aromatic heterocycles. The molecule has 176 valence electrons. The molecule has 0 aliphatic heterocycles. The quantitative estimate of drug-likeness (QED) is 0.160. The van der Waals surface area contributed by atoms with Gasteiger partial charge in [-0.2, -0.15) is 0 Å². The smallest absolute Gasteiger partial charge is 0.284 e. The van der Waals surface area contributed by atoms with Crippen molar-refractivity contribution in [2.75, 3.05) is 6.54 Å². The molecule has 0 saturated heterocycles. The number of nitrogens with two attached hydrogens (primary N) is 1. The van der Waals surface area contributed by atoms with Gasteiger partial charge in [-0.1, -0.05) is 110 Å². The van der Waals surface area contributed by atoms with Crippen molar-refractivity contribution in [3.8, 4) is 0 Å². The van der Waals surface area contributed by atoms with Gasteiger partial charge in [0.15, 0.2) is 9.04 Å². The van der Waals surface area contributed by atoms with Crippen molar-refractivity contribution >= 4 is 39.5 Å². The topological polar surface area (TPSA) is 53.7 Å². The van der Waals surface area contributed by atoms with Crippen LogP contribution in [-0.2, 0) is 12.3 Å². The molecule has 0 spiro atoms. The summed E-state index contributed by atoms with van der Waals surface area (Å²) in [6.45, 7) is 3.09. The Hall–Kier alpha value is 0.708. The molecule has 0 bridgehead atoms. The third kappa shape index (κ3) is 24.8. The fraction of sp³-hybridized carbons (Fsp3) is 1.00. The fourth-order valence-corrected chi connectivity index (χ4v) is 11.4. The summed E-state index contributed by atoms with van der Waals surface area (Å²) in [5.74, 6) is 0. The van der Waals surface area contributed by atoms with Crippen LogP contribution in [0.1, 0.15) is 116 Å². The van der Waals surface area contributed by atoms with E-state index in [2.05, 4.69) is 6.92 Å². The summed E-state index contributed by atoms with van der Waals surface area (Å²) < 4.78 is 16.9. The molecule has 1 atom stereocenters. The lowest BCUT2D eigenvalue weighted by atomic mass is 10.0. The van der Waals surface area contributed by atoms with Gasteiger partial charge in [-0.05, 0) is 25.1 Å². The first-order chi connectivity index (χ1) is 14.3. The third-order valence-electron chi connectivity index (χ3n) is 5.70. The zero-order valence-electron chi connectivity index (χ0n) is 19.9. The summed E-state index contributed by atoms with van der Waals surface area (Å²) in [6, 6.07) is 2.55. The fourth-order valence-electron chi connectivity index (χ4n) is 3.84. The van der Waals surface area contributed by atoms with E-state index in [0.717, 1.165) is 23.5 Å². The van der Waals surface area contributed by atoms with Crippen molar-refractivity contribution in [3.63, 3.8) is 0 Å². The van der Waals surface area contributed by atoms with Crippen LogP contribution in [0.2, 0.25) is 12.1 Å². The van der Waals surface area contributed by atoms with E-state index in [0.29, 0.717) is 0 Å². The summed E-state index contributed by atoms with van der Waals surface area (Å²) >= 11 is 0. The van der Waals surface area contributed by atoms with Crippen molar-refractivity contribution in [1.29, 1.82) is 0 Å². The van der Waals surface area contributed by atoms with E-state index >= 15 is 0 Å². The van der Waals surface area contributed by atoms with E-state index in [-0.39, 0.29) is 0 Å². The van der Waals surface area contributed by atoms with Gasteiger partial charge in [-0.15, -0.1) is 0 Å². The van der Waals surface area contributed by atoms with Crippen molar-refractivity contribution in [1.82, 2.24) is 0 Å². The first-order valence-corrected chi connectivity index (χ1v) is 18.0. The van der Waals surface area contributed by atoms with Crippen molar-refractivity contribution in [2.24, 2.45) is 5.73 Å². The van der Waals surface area contributed by atoms with Gasteiger partial charge in [0, 0.05) is 0 Å². The number of rotatable bonds is 25. The lowest BCUT2D eigenvalue weighted by molar-refractivity contribution is 0.428. The van der Waals surface area contributed by atoms with Crippen molar-refractivity contribution in [2.45, 2.75) is 128 Å². The number of hydrogen-bond donors (Lipinski definition) is 1. The van der Waals surface area contributed by atoms with Gasteiger partial charge in [0.1, 0.15) is 10.5 Å². The Kier molecular flexibility index (Phi) is 27.4. The highest BCUT2D eigenvalue weighted by atomic mass is 28.4. The van der Waals surface area contributed by atoms with E-state index in [1.54, 1.807) is 0 Å². The molecule has 0 aromatic carbocycles.